The lowest BCUT2D eigenvalue weighted by Crippen LogP contribution is -2.40. The van der Waals surface area contributed by atoms with Gasteiger partial charge in [0.1, 0.15) is 0 Å². The van der Waals surface area contributed by atoms with E-state index >= 15 is 0 Å². The number of nitrogens with zero attached hydrogens (tertiary/aromatic N) is 1. The van der Waals surface area contributed by atoms with Crippen molar-refractivity contribution in [3.05, 3.63) is 29.8 Å². The van der Waals surface area contributed by atoms with Crippen LogP contribution in [0.1, 0.15) is 38.4 Å². The Bertz CT molecular complexity index is 566. The first-order chi connectivity index (χ1) is 9.90. The third-order valence-corrected chi connectivity index (χ3v) is 5.40. The van der Waals surface area contributed by atoms with E-state index < -0.39 is 16.1 Å². The third kappa shape index (κ3) is 4.26. The molecule has 2 N–H and O–H groups in total. The maximum absolute atomic E-state index is 12.3. The first kappa shape index (κ1) is 16.4. The molecule has 0 radical (unpaired) electrons. The number of hydrogen-bond donors (Lipinski definition) is 2. The second-order valence-corrected chi connectivity index (χ2v) is 7.46. The molecule has 5 nitrogen and oxygen atoms in total. The molecule has 1 aliphatic heterocycles. The molecule has 0 saturated carbocycles. The summed E-state index contributed by atoms with van der Waals surface area (Å²) < 4.78 is 27.3. The van der Waals surface area contributed by atoms with Gasteiger partial charge in [-0.25, -0.2) is 13.1 Å². The van der Waals surface area contributed by atoms with Crippen molar-refractivity contribution in [2.45, 2.75) is 43.7 Å². The normalized spacial score (nSPS) is 19.6. The highest BCUT2D eigenvalue weighted by Crippen LogP contribution is 2.17. The molecule has 1 heterocycles. The van der Waals surface area contributed by atoms with Gasteiger partial charge in [-0.3, -0.25) is 4.90 Å². The van der Waals surface area contributed by atoms with Gasteiger partial charge in [0.15, 0.2) is 0 Å². The second-order valence-electron chi connectivity index (χ2n) is 5.69. The fourth-order valence-corrected chi connectivity index (χ4v) is 3.74. The second kappa shape index (κ2) is 6.87. The molecule has 2 atom stereocenters. The number of nitrogens with one attached hydrogen (secondary N) is 1. The number of sulfonamides is 1. The fraction of sp³-hybridized carbons (Fsp3) is 0.600. The molecule has 21 heavy (non-hydrogen) atoms. The highest BCUT2D eigenvalue weighted by molar-refractivity contribution is 7.89. The maximum atomic E-state index is 12.3. The van der Waals surface area contributed by atoms with Crippen LogP contribution in [0.3, 0.4) is 0 Å². The minimum absolute atomic E-state index is 0.197. The van der Waals surface area contributed by atoms with Crippen LogP contribution in [0.15, 0.2) is 29.2 Å². The van der Waals surface area contributed by atoms with Crippen molar-refractivity contribution in [1.82, 2.24) is 9.62 Å². The Hall–Kier alpha value is -0.950. The summed E-state index contributed by atoms with van der Waals surface area (Å²) in [5, 5.41) is 9.55. The van der Waals surface area contributed by atoms with E-state index in [1.54, 1.807) is 25.1 Å². The van der Waals surface area contributed by atoms with E-state index in [-0.39, 0.29) is 10.9 Å². The SMILES string of the molecule is CC(O)c1cccc(S(=O)(=O)NCC(C)N2CCCC2)c1. The van der Waals surface area contributed by atoms with Crippen LogP contribution in [-0.2, 0) is 10.0 Å². The molecule has 1 aromatic carbocycles. The summed E-state index contributed by atoms with van der Waals surface area (Å²) in [5.74, 6) is 0. The molecule has 1 saturated heterocycles. The number of rotatable bonds is 6. The number of aliphatic hydroxyl groups is 1. The molecule has 0 amide bonds. The Kier molecular flexibility index (Phi) is 5.37. The molecule has 2 rings (SSSR count). The molecular weight excluding hydrogens is 288 g/mol. The van der Waals surface area contributed by atoms with Gasteiger partial charge in [-0.2, -0.15) is 0 Å². The summed E-state index contributed by atoms with van der Waals surface area (Å²) in [6, 6.07) is 6.64. The Balaban J connectivity index is 2.02. The molecule has 2 unspecified atom stereocenters. The average molecular weight is 312 g/mol. The summed E-state index contributed by atoms with van der Waals surface area (Å²) >= 11 is 0. The number of benzene rings is 1. The van der Waals surface area contributed by atoms with Gasteiger partial charge in [-0.1, -0.05) is 12.1 Å². The lowest BCUT2D eigenvalue weighted by Gasteiger charge is -2.23. The van der Waals surface area contributed by atoms with E-state index in [1.807, 2.05) is 6.92 Å². The van der Waals surface area contributed by atoms with Crippen LogP contribution >= 0.6 is 0 Å². The van der Waals surface area contributed by atoms with Gasteiger partial charge in [-0.05, 0) is 57.5 Å². The molecular formula is C15H24N2O3S. The molecule has 1 aliphatic rings. The van der Waals surface area contributed by atoms with Crippen molar-refractivity contribution >= 4 is 10.0 Å². The van der Waals surface area contributed by atoms with Gasteiger partial charge in [0.05, 0.1) is 11.0 Å². The highest BCUT2D eigenvalue weighted by atomic mass is 32.2. The molecule has 0 bridgehead atoms. The van der Waals surface area contributed by atoms with Crippen LogP contribution in [0.2, 0.25) is 0 Å². The van der Waals surface area contributed by atoms with Gasteiger partial charge in [-0.15, -0.1) is 0 Å². The Labute approximate surface area is 127 Å². The van der Waals surface area contributed by atoms with Crippen LogP contribution in [0.4, 0.5) is 0 Å². The molecule has 1 fully saturated rings. The molecule has 118 valence electrons. The lowest BCUT2D eigenvalue weighted by atomic mass is 10.1. The molecule has 0 aliphatic carbocycles. The van der Waals surface area contributed by atoms with Gasteiger partial charge < -0.3 is 5.11 Å². The largest absolute Gasteiger partial charge is 0.389 e. The van der Waals surface area contributed by atoms with E-state index in [2.05, 4.69) is 9.62 Å². The standard InChI is InChI=1S/C15H24N2O3S/c1-12(17-8-3-4-9-17)11-16-21(19,20)15-7-5-6-14(10-15)13(2)18/h5-7,10,12-13,16,18H,3-4,8-9,11H2,1-2H3. The number of hydrogen-bond acceptors (Lipinski definition) is 4. The Morgan fingerprint density at radius 3 is 2.57 bits per heavy atom. The van der Waals surface area contributed by atoms with Crippen LogP contribution in [0.25, 0.3) is 0 Å². The van der Waals surface area contributed by atoms with Gasteiger partial charge in [0, 0.05) is 12.6 Å². The molecule has 1 aromatic rings. The van der Waals surface area contributed by atoms with E-state index in [4.69, 9.17) is 0 Å². The van der Waals surface area contributed by atoms with Crippen molar-refractivity contribution in [3.8, 4) is 0 Å². The summed E-state index contributed by atoms with van der Waals surface area (Å²) in [5.41, 5.74) is 0.602. The van der Waals surface area contributed by atoms with Gasteiger partial charge >= 0.3 is 0 Å². The van der Waals surface area contributed by atoms with E-state index in [0.717, 1.165) is 13.1 Å². The van der Waals surface area contributed by atoms with Gasteiger partial charge in [0.25, 0.3) is 0 Å². The predicted molar refractivity (Wildman–Crippen MR) is 82.5 cm³/mol. The monoisotopic (exact) mass is 312 g/mol. The van der Waals surface area contributed by atoms with Crippen molar-refractivity contribution in [2.24, 2.45) is 0 Å². The van der Waals surface area contributed by atoms with Crippen molar-refractivity contribution < 1.29 is 13.5 Å². The van der Waals surface area contributed by atoms with Crippen LogP contribution < -0.4 is 4.72 Å². The summed E-state index contributed by atoms with van der Waals surface area (Å²) in [4.78, 5) is 2.50. The predicted octanol–water partition coefficient (Wildman–Crippen LogP) is 1.50. The van der Waals surface area contributed by atoms with Crippen LogP contribution in [0, 0.1) is 0 Å². The van der Waals surface area contributed by atoms with Crippen molar-refractivity contribution in [1.29, 1.82) is 0 Å². The van der Waals surface area contributed by atoms with Crippen molar-refractivity contribution in [3.63, 3.8) is 0 Å². The third-order valence-electron chi connectivity index (χ3n) is 3.98. The quantitative estimate of drug-likeness (QED) is 0.835. The minimum Gasteiger partial charge on any atom is -0.389 e. The smallest absolute Gasteiger partial charge is 0.240 e. The van der Waals surface area contributed by atoms with Crippen molar-refractivity contribution in [2.75, 3.05) is 19.6 Å². The average Bonchev–Trinajstić information content (AvgIpc) is 2.99. The molecule has 0 spiro atoms. The Morgan fingerprint density at radius 2 is 1.95 bits per heavy atom. The first-order valence-electron chi connectivity index (χ1n) is 7.42. The minimum atomic E-state index is -3.53. The zero-order chi connectivity index (χ0) is 15.5. The number of likely N-dealkylation sites (tertiary alicyclic amines) is 1. The fourth-order valence-electron chi connectivity index (χ4n) is 2.57. The number of aliphatic hydroxyl groups excluding tert-OH is 1. The van der Waals surface area contributed by atoms with Crippen LogP contribution in [0.5, 0.6) is 0 Å². The van der Waals surface area contributed by atoms with E-state index in [1.165, 1.54) is 18.9 Å². The maximum Gasteiger partial charge on any atom is 0.240 e. The summed E-state index contributed by atoms with van der Waals surface area (Å²) in [6.07, 6.45) is 1.70. The zero-order valence-electron chi connectivity index (χ0n) is 12.6. The molecule has 6 heteroatoms. The van der Waals surface area contributed by atoms with Crippen LogP contribution in [-0.4, -0.2) is 44.1 Å². The zero-order valence-corrected chi connectivity index (χ0v) is 13.4. The lowest BCUT2D eigenvalue weighted by molar-refractivity contribution is 0.199. The Morgan fingerprint density at radius 1 is 1.29 bits per heavy atom. The molecule has 0 aromatic heterocycles. The first-order valence-corrected chi connectivity index (χ1v) is 8.90. The highest BCUT2D eigenvalue weighted by Gasteiger charge is 2.21. The summed E-state index contributed by atoms with van der Waals surface area (Å²) in [6.45, 7) is 6.15. The topological polar surface area (TPSA) is 69.6 Å². The van der Waals surface area contributed by atoms with Gasteiger partial charge in [0.2, 0.25) is 10.0 Å². The van der Waals surface area contributed by atoms with E-state index in [0.29, 0.717) is 12.1 Å². The van der Waals surface area contributed by atoms with E-state index in [9.17, 15) is 13.5 Å². The summed E-state index contributed by atoms with van der Waals surface area (Å²) in [7, 11) is -3.53.